The average Bonchev–Trinajstić information content (AvgIpc) is 3.18. The summed E-state index contributed by atoms with van der Waals surface area (Å²) in [4.78, 5) is 28.2. The Morgan fingerprint density at radius 3 is 2.54 bits per heavy atom. The van der Waals surface area contributed by atoms with E-state index in [0.29, 0.717) is 64.7 Å². The number of halogens is 1. The third-order valence-corrected chi connectivity index (χ3v) is 6.38. The number of nitrogens with zero attached hydrogens (tertiary/aromatic N) is 1. The smallest absolute Gasteiger partial charge is 0.300 e. The highest BCUT2D eigenvalue weighted by atomic mass is 35.5. The predicted molar refractivity (Wildman–Crippen MR) is 138 cm³/mol. The lowest BCUT2D eigenvalue weighted by atomic mass is 9.94. The van der Waals surface area contributed by atoms with Crippen molar-refractivity contribution in [2.45, 2.75) is 13.0 Å². The Morgan fingerprint density at radius 2 is 1.81 bits per heavy atom. The number of anilines is 1. The molecule has 2 aliphatic rings. The first-order chi connectivity index (χ1) is 17.9. The number of aliphatic hydroxyl groups is 1. The number of ketones is 1. The summed E-state index contributed by atoms with van der Waals surface area (Å²) in [6.45, 7) is 3.00. The molecule has 2 aliphatic heterocycles. The second kappa shape index (κ2) is 10.1. The van der Waals surface area contributed by atoms with Gasteiger partial charge in [0.25, 0.3) is 11.7 Å². The summed E-state index contributed by atoms with van der Waals surface area (Å²) in [6, 6.07) is 15.7. The summed E-state index contributed by atoms with van der Waals surface area (Å²) < 4.78 is 22.4. The SMILES string of the molecule is CCOc1cc(C2/C(=C(\O)c3ccc4c(c3)OCCO4)C(=O)C(=O)N2c2cccc(Cl)c2)ccc1OC. The van der Waals surface area contributed by atoms with Crippen molar-refractivity contribution in [3.63, 3.8) is 0 Å². The number of fused-ring (bicyclic) bond motifs is 1. The predicted octanol–water partition coefficient (Wildman–Crippen LogP) is 5.14. The van der Waals surface area contributed by atoms with E-state index < -0.39 is 17.7 Å². The van der Waals surface area contributed by atoms with E-state index in [1.807, 2.05) is 6.92 Å². The van der Waals surface area contributed by atoms with Gasteiger partial charge in [0.2, 0.25) is 0 Å². The molecule has 1 N–H and O–H groups in total. The molecule has 1 atom stereocenters. The van der Waals surface area contributed by atoms with Crippen LogP contribution >= 0.6 is 11.6 Å². The van der Waals surface area contributed by atoms with E-state index in [9.17, 15) is 14.7 Å². The first kappa shape index (κ1) is 24.5. The van der Waals surface area contributed by atoms with Crippen molar-refractivity contribution in [3.05, 3.63) is 82.4 Å². The zero-order valence-corrected chi connectivity index (χ0v) is 20.9. The van der Waals surface area contributed by atoms with Crippen molar-refractivity contribution >= 4 is 34.7 Å². The molecule has 2 heterocycles. The van der Waals surface area contributed by atoms with Crippen LogP contribution in [0.4, 0.5) is 5.69 Å². The average molecular weight is 522 g/mol. The fourth-order valence-electron chi connectivity index (χ4n) is 4.52. The molecule has 0 bridgehead atoms. The third-order valence-electron chi connectivity index (χ3n) is 6.15. The van der Waals surface area contributed by atoms with Crippen molar-refractivity contribution in [2.24, 2.45) is 0 Å². The lowest BCUT2D eigenvalue weighted by Gasteiger charge is -2.26. The summed E-state index contributed by atoms with van der Waals surface area (Å²) in [5, 5.41) is 11.8. The third kappa shape index (κ3) is 4.44. The van der Waals surface area contributed by atoms with E-state index in [0.717, 1.165) is 0 Å². The molecule has 0 saturated carbocycles. The minimum Gasteiger partial charge on any atom is -0.507 e. The number of benzene rings is 3. The largest absolute Gasteiger partial charge is 0.507 e. The van der Waals surface area contributed by atoms with Crippen LogP contribution in [-0.4, -0.2) is 43.7 Å². The van der Waals surface area contributed by atoms with Gasteiger partial charge < -0.3 is 24.1 Å². The molecule has 9 heteroatoms. The topological polar surface area (TPSA) is 94.5 Å². The summed E-state index contributed by atoms with van der Waals surface area (Å²) in [5.41, 5.74) is 1.20. The van der Waals surface area contributed by atoms with Gasteiger partial charge in [-0.3, -0.25) is 14.5 Å². The molecule has 3 aromatic carbocycles. The fraction of sp³-hybridized carbons (Fsp3) is 0.214. The van der Waals surface area contributed by atoms with Crippen molar-refractivity contribution in [1.82, 2.24) is 0 Å². The maximum Gasteiger partial charge on any atom is 0.300 e. The number of aliphatic hydroxyl groups excluding tert-OH is 1. The van der Waals surface area contributed by atoms with Crippen LogP contribution in [0.3, 0.4) is 0 Å². The van der Waals surface area contributed by atoms with E-state index in [2.05, 4.69) is 0 Å². The Morgan fingerprint density at radius 1 is 1.03 bits per heavy atom. The second-order valence-electron chi connectivity index (χ2n) is 8.35. The van der Waals surface area contributed by atoms with Crippen LogP contribution in [0.2, 0.25) is 5.02 Å². The number of carbonyl (C=O) groups excluding carboxylic acids is 2. The van der Waals surface area contributed by atoms with E-state index in [-0.39, 0.29) is 11.3 Å². The summed E-state index contributed by atoms with van der Waals surface area (Å²) in [7, 11) is 1.53. The molecule has 0 radical (unpaired) electrons. The van der Waals surface area contributed by atoms with E-state index in [1.54, 1.807) is 60.7 Å². The van der Waals surface area contributed by atoms with Gasteiger partial charge in [-0.05, 0) is 61.0 Å². The van der Waals surface area contributed by atoms with Crippen LogP contribution in [0.15, 0.2) is 66.2 Å². The van der Waals surface area contributed by atoms with Gasteiger partial charge in [-0.15, -0.1) is 0 Å². The van der Waals surface area contributed by atoms with Crippen molar-refractivity contribution in [3.8, 4) is 23.0 Å². The van der Waals surface area contributed by atoms with Crippen LogP contribution in [0, 0.1) is 0 Å². The quantitative estimate of drug-likeness (QED) is 0.272. The lowest BCUT2D eigenvalue weighted by molar-refractivity contribution is -0.132. The zero-order chi connectivity index (χ0) is 26.1. The maximum atomic E-state index is 13.4. The number of carbonyl (C=O) groups is 2. The molecule has 1 saturated heterocycles. The maximum absolute atomic E-state index is 13.4. The van der Waals surface area contributed by atoms with Crippen LogP contribution in [0.1, 0.15) is 24.1 Å². The molecular formula is C28H24ClNO7. The number of hydrogen-bond acceptors (Lipinski definition) is 7. The van der Waals surface area contributed by atoms with Gasteiger partial charge in [0, 0.05) is 16.3 Å². The summed E-state index contributed by atoms with van der Waals surface area (Å²) in [6.07, 6.45) is 0. The normalized spacial score (nSPS) is 18.1. The number of methoxy groups -OCH3 is 1. The Hall–Kier alpha value is -4.17. The molecule has 0 aromatic heterocycles. The van der Waals surface area contributed by atoms with E-state index in [4.69, 9.17) is 30.5 Å². The Balaban J connectivity index is 1.71. The fourth-order valence-corrected chi connectivity index (χ4v) is 4.70. The van der Waals surface area contributed by atoms with Gasteiger partial charge in [-0.2, -0.15) is 0 Å². The Kier molecular flexibility index (Phi) is 6.67. The monoisotopic (exact) mass is 521 g/mol. The van der Waals surface area contributed by atoms with Gasteiger partial charge in [-0.25, -0.2) is 0 Å². The van der Waals surface area contributed by atoms with Gasteiger partial charge in [0.1, 0.15) is 19.0 Å². The molecule has 190 valence electrons. The van der Waals surface area contributed by atoms with Crippen LogP contribution in [-0.2, 0) is 9.59 Å². The highest BCUT2D eigenvalue weighted by Gasteiger charge is 2.47. The first-order valence-corrected chi connectivity index (χ1v) is 12.1. The molecule has 0 spiro atoms. The second-order valence-corrected chi connectivity index (χ2v) is 8.79. The molecule has 5 rings (SSSR count). The number of ether oxygens (including phenoxy) is 4. The van der Waals surface area contributed by atoms with E-state index >= 15 is 0 Å². The molecule has 1 fully saturated rings. The molecule has 1 unspecified atom stereocenters. The molecular weight excluding hydrogens is 498 g/mol. The van der Waals surface area contributed by atoms with Crippen molar-refractivity contribution < 1.29 is 33.6 Å². The highest BCUT2D eigenvalue weighted by Crippen LogP contribution is 2.45. The van der Waals surface area contributed by atoms with Gasteiger partial charge in [0.15, 0.2) is 23.0 Å². The zero-order valence-electron chi connectivity index (χ0n) is 20.2. The molecule has 37 heavy (non-hydrogen) atoms. The van der Waals surface area contributed by atoms with Gasteiger partial charge in [0.05, 0.1) is 25.3 Å². The summed E-state index contributed by atoms with van der Waals surface area (Å²) >= 11 is 6.22. The minimum atomic E-state index is -0.961. The molecule has 0 aliphatic carbocycles. The first-order valence-electron chi connectivity index (χ1n) is 11.7. The van der Waals surface area contributed by atoms with Crippen LogP contribution in [0.5, 0.6) is 23.0 Å². The number of rotatable bonds is 6. The lowest BCUT2D eigenvalue weighted by Crippen LogP contribution is -2.29. The summed E-state index contributed by atoms with van der Waals surface area (Å²) in [5.74, 6) is -0.0326. The molecule has 1 amide bonds. The van der Waals surface area contributed by atoms with Crippen molar-refractivity contribution in [2.75, 3.05) is 31.8 Å². The van der Waals surface area contributed by atoms with Crippen LogP contribution < -0.4 is 23.8 Å². The van der Waals surface area contributed by atoms with E-state index in [1.165, 1.54) is 12.0 Å². The standard InChI is InChI=1S/C28H24ClNO7/c1-3-35-22-13-16(7-9-20(22)34-2)25-24(26(31)17-8-10-21-23(14-17)37-12-11-36-21)27(32)28(33)30(25)19-6-4-5-18(29)15-19/h4-10,13-15,25,31H,3,11-12H2,1-2H3/b26-24+. The highest BCUT2D eigenvalue weighted by molar-refractivity contribution is 6.51. The van der Waals surface area contributed by atoms with Gasteiger partial charge in [-0.1, -0.05) is 23.7 Å². The minimum absolute atomic E-state index is 0.0748. The van der Waals surface area contributed by atoms with Gasteiger partial charge >= 0.3 is 0 Å². The number of Topliss-reactive ketones (excluding diaryl/α,β-unsaturated/α-hetero) is 1. The van der Waals surface area contributed by atoms with Crippen LogP contribution in [0.25, 0.3) is 5.76 Å². The number of hydrogen-bond donors (Lipinski definition) is 1. The van der Waals surface area contributed by atoms with Crippen molar-refractivity contribution in [1.29, 1.82) is 0 Å². The molecule has 3 aromatic rings. The molecule has 8 nitrogen and oxygen atoms in total. The Labute approximate surface area is 218 Å². The number of amides is 1. The Bertz CT molecular complexity index is 1420.